The number of ketones is 2. The number of hydrogen-bond donors (Lipinski definition) is 2. The smallest absolute Gasteiger partial charge is 0.296 e. The number of carbonyl (C=O) groups excluding carboxylic acids is 2. The van der Waals surface area contributed by atoms with E-state index in [-0.39, 0.29) is 22.1 Å². The van der Waals surface area contributed by atoms with Gasteiger partial charge in [0.1, 0.15) is 4.90 Å². The molecule has 0 radical (unpaired) electrons. The van der Waals surface area contributed by atoms with Crippen molar-refractivity contribution in [1.82, 2.24) is 0 Å². The van der Waals surface area contributed by atoms with Crippen LogP contribution in [0.1, 0.15) is 37.4 Å². The highest BCUT2D eigenvalue weighted by atomic mass is 32.2. The lowest BCUT2D eigenvalue weighted by Crippen LogP contribution is -2.20. The summed E-state index contributed by atoms with van der Waals surface area (Å²) in [6.45, 7) is 1.72. The summed E-state index contributed by atoms with van der Waals surface area (Å²) in [5.41, 5.74) is 8.15. The fourth-order valence-corrected chi connectivity index (χ4v) is 3.61. The highest BCUT2D eigenvalue weighted by molar-refractivity contribution is 7.86. The molecular weight excluding hydrogens is 378 g/mol. The van der Waals surface area contributed by atoms with Gasteiger partial charge in [-0.25, -0.2) is 0 Å². The van der Waals surface area contributed by atoms with Crippen LogP contribution in [0.3, 0.4) is 0 Å². The molecule has 1 aliphatic carbocycles. The van der Waals surface area contributed by atoms with Gasteiger partial charge >= 0.3 is 0 Å². The number of nitrogen functional groups attached to an aromatic ring is 1. The van der Waals surface area contributed by atoms with Crippen LogP contribution in [-0.2, 0) is 10.1 Å². The highest BCUT2D eigenvalue weighted by Gasteiger charge is 2.28. The monoisotopic (exact) mass is 395 g/mol. The number of rotatable bonds is 1. The lowest BCUT2D eigenvalue weighted by molar-refractivity contribution is 0.0979. The molecule has 0 amide bonds. The van der Waals surface area contributed by atoms with Crippen LogP contribution < -0.4 is 5.73 Å². The van der Waals surface area contributed by atoms with E-state index in [4.69, 9.17) is 10.3 Å². The zero-order valence-corrected chi connectivity index (χ0v) is 15.7. The van der Waals surface area contributed by atoms with Crippen LogP contribution >= 0.6 is 0 Å². The highest BCUT2D eigenvalue weighted by Crippen LogP contribution is 2.26. The van der Waals surface area contributed by atoms with Gasteiger partial charge in [-0.3, -0.25) is 14.1 Å². The molecule has 3 N–H and O–H groups in total. The molecule has 28 heavy (non-hydrogen) atoms. The summed E-state index contributed by atoms with van der Waals surface area (Å²) < 4.78 is 30.0. The number of nitrogens with two attached hydrogens (primary N) is 1. The molecule has 0 atom stereocenters. The third kappa shape index (κ3) is 3.71. The average molecular weight is 395 g/mol. The summed E-state index contributed by atoms with van der Waals surface area (Å²) >= 11 is 0. The first-order valence-electron chi connectivity index (χ1n) is 8.31. The standard InChI is InChI=1S/C14H8O2.C7H9NO3S/c15-13-9-5-1-2-6-10(9)14(16)12-8-4-3-7-11(12)13;1-5-2-3-6(8)7(4-5)12(9,10)11/h1-8H;2-4H,8H2,1H3,(H,9,10,11). The van der Waals surface area contributed by atoms with Crippen molar-refractivity contribution in [3.63, 3.8) is 0 Å². The van der Waals surface area contributed by atoms with Gasteiger partial charge in [0, 0.05) is 22.3 Å². The minimum atomic E-state index is -4.18. The number of anilines is 1. The van der Waals surface area contributed by atoms with Gasteiger partial charge in [0.2, 0.25) is 0 Å². The molecule has 3 aromatic rings. The van der Waals surface area contributed by atoms with Crippen molar-refractivity contribution < 1.29 is 22.6 Å². The Morgan fingerprint density at radius 2 is 1.14 bits per heavy atom. The largest absolute Gasteiger partial charge is 0.398 e. The molecule has 142 valence electrons. The first kappa shape index (κ1) is 19.5. The first-order chi connectivity index (χ1) is 13.2. The predicted octanol–water partition coefficient (Wildman–Crippen LogP) is 3.29. The predicted molar refractivity (Wildman–Crippen MR) is 105 cm³/mol. The zero-order chi connectivity index (χ0) is 20.5. The molecule has 0 unspecified atom stereocenters. The summed E-state index contributed by atoms with van der Waals surface area (Å²) in [6, 6.07) is 18.3. The molecule has 0 bridgehead atoms. The minimum absolute atomic E-state index is 0.0584. The molecule has 3 aromatic carbocycles. The minimum Gasteiger partial charge on any atom is -0.398 e. The Hall–Kier alpha value is -3.29. The normalized spacial score (nSPS) is 12.5. The van der Waals surface area contributed by atoms with Gasteiger partial charge in [-0.15, -0.1) is 0 Å². The third-order valence-electron chi connectivity index (χ3n) is 4.28. The summed E-state index contributed by atoms with van der Waals surface area (Å²) in [5.74, 6) is -0.128. The van der Waals surface area contributed by atoms with Gasteiger partial charge in [-0.05, 0) is 24.6 Å². The maximum absolute atomic E-state index is 12.1. The van der Waals surface area contributed by atoms with Gasteiger partial charge in [-0.1, -0.05) is 54.6 Å². The van der Waals surface area contributed by atoms with Gasteiger partial charge in [0.25, 0.3) is 10.1 Å². The SMILES string of the molecule is Cc1ccc(N)c(S(=O)(=O)O)c1.O=C1c2ccccc2C(=O)c2ccccc21. The van der Waals surface area contributed by atoms with Gasteiger partial charge in [0.05, 0.1) is 5.69 Å². The van der Waals surface area contributed by atoms with E-state index in [0.29, 0.717) is 22.3 Å². The van der Waals surface area contributed by atoms with Gasteiger partial charge < -0.3 is 5.73 Å². The molecule has 0 aromatic heterocycles. The van der Waals surface area contributed by atoms with E-state index in [1.807, 2.05) is 0 Å². The summed E-state index contributed by atoms with van der Waals surface area (Å²) in [4.78, 5) is 24.0. The second kappa shape index (κ2) is 7.38. The van der Waals surface area contributed by atoms with E-state index < -0.39 is 10.1 Å². The lowest BCUT2D eigenvalue weighted by atomic mass is 9.84. The molecule has 0 heterocycles. The maximum Gasteiger partial charge on any atom is 0.296 e. The number of carbonyl (C=O) groups is 2. The van der Waals surface area contributed by atoms with E-state index in [9.17, 15) is 18.0 Å². The maximum atomic E-state index is 12.1. The molecule has 6 nitrogen and oxygen atoms in total. The third-order valence-corrected chi connectivity index (χ3v) is 5.19. The van der Waals surface area contributed by atoms with E-state index in [1.165, 1.54) is 12.1 Å². The second-order valence-corrected chi connectivity index (χ2v) is 7.66. The summed E-state index contributed by atoms with van der Waals surface area (Å²) in [7, 11) is -4.18. The van der Waals surface area contributed by atoms with Crippen molar-refractivity contribution in [3.8, 4) is 0 Å². The first-order valence-corrected chi connectivity index (χ1v) is 9.75. The molecule has 0 fully saturated rings. The Kier molecular flexibility index (Phi) is 5.13. The molecular formula is C21H17NO5S. The molecule has 0 saturated heterocycles. The Morgan fingerprint density at radius 3 is 1.46 bits per heavy atom. The zero-order valence-electron chi connectivity index (χ0n) is 14.9. The Bertz CT molecular complexity index is 1090. The van der Waals surface area contributed by atoms with Gasteiger partial charge in [-0.2, -0.15) is 8.42 Å². The number of aryl methyl sites for hydroxylation is 1. The van der Waals surface area contributed by atoms with Crippen LogP contribution in [0.5, 0.6) is 0 Å². The lowest BCUT2D eigenvalue weighted by Gasteiger charge is -2.16. The van der Waals surface area contributed by atoms with E-state index in [1.54, 1.807) is 61.5 Å². The van der Waals surface area contributed by atoms with Crippen molar-refractivity contribution in [1.29, 1.82) is 0 Å². The van der Waals surface area contributed by atoms with Crippen LogP contribution in [0.25, 0.3) is 0 Å². The summed E-state index contributed by atoms with van der Waals surface area (Å²) in [6.07, 6.45) is 0. The Labute approximate surface area is 162 Å². The second-order valence-electron chi connectivity index (χ2n) is 6.27. The Balaban J connectivity index is 0.000000169. The fraction of sp³-hybridized carbons (Fsp3) is 0.0476. The Morgan fingerprint density at radius 1 is 0.750 bits per heavy atom. The molecule has 7 heteroatoms. The summed E-state index contributed by atoms with van der Waals surface area (Å²) in [5, 5.41) is 0. The van der Waals surface area contributed by atoms with Gasteiger partial charge in [0.15, 0.2) is 11.6 Å². The van der Waals surface area contributed by atoms with Crippen molar-refractivity contribution in [2.45, 2.75) is 11.8 Å². The van der Waals surface area contributed by atoms with Crippen LogP contribution in [0.2, 0.25) is 0 Å². The van der Waals surface area contributed by atoms with E-state index >= 15 is 0 Å². The van der Waals surface area contributed by atoms with Crippen molar-refractivity contribution in [2.75, 3.05) is 5.73 Å². The van der Waals surface area contributed by atoms with Crippen LogP contribution in [0.15, 0.2) is 71.6 Å². The van der Waals surface area contributed by atoms with Crippen LogP contribution in [0.4, 0.5) is 5.69 Å². The van der Waals surface area contributed by atoms with Crippen molar-refractivity contribution in [3.05, 3.63) is 94.5 Å². The van der Waals surface area contributed by atoms with Crippen LogP contribution in [0, 0.1) is 6.92 Å². The fourth-order valence-electron chi connectivity index (χ4n) is 2.91. The molecule has 4 rings (SSSR count). The molecule has 0 aliphatic heterocycles. The van der Waals surface area contributed by atoms with E-state index in [2.05, 4.69) is 0 Å². The number of hydrogen-bond acceptors (Lipinski definition) is 5. The quantitative estimate of drug-likeness (QED) is 0.378. The number of benzene rings is 3. The topological polar surface area (TPSA) is 115 Å². The van der Waals surface area contributed by atoms with Crippen molar-refractivity contribution in [2.24, 2.45) is 0 Å². The van der Waals surface area contributed by atoms with Crippen molar-refractivity contribution >= 4 is 27.4 Å². The van der Waals surface area contributed by atoms with Crippen LogP contribution in [-0.4, -0.2) is 24.5 Å². The number of fused-ring (bicyclic) bond motifs is 2. The average Bonchev–Trinajstić information content (AvgIpc) is 2.68. The molecule has 1 aliphatic rings. The molecule has 0 spiro atoms. The van der Waals surface area contributed by atoms with E-state index in [0.717, 1.165) is 5.56 Å². The molecule has 0 saturated carbocycles.